The van der Waals surface area contributed by atoms with Crippen molar-refractivity contribution in [3.8, 4) is 0 Å². The number of fused-ring (bicyclic) bond motifs is 1. The molecule has 0 saturated carbocycles. The van der Waals surface area contributed by atoms with E-state index in [1.54, 1.807) is 0 Å². The van der Waals surface area contributed by atoms with Crippen molar-refractivity contribution in [2.24, 2.45) is 7.05 Å². The second kappa shape index (κ2) is 4.98. The fourth-order valence-corrected chi connectivity index (χ4v) is 3.35. The van der Waals surface area contributed by atoms with Gasteiger partial charge < -0.3 is 4.90 Å². The van der Waals surface area contributed by atoms with E-state index < -0.39 is 0 Å². The Morgan fingerprint density at radius 3 is 2.59 bits per heavy atom. The van der Waals surface area contributed by atoms with Gasteiger partial charge in [0.1, 0.15) is 0 Å². The molecule has 1 aliphatic heterocycles. The molecule has 0 spiro atoms. The van der Waals surface area contributed by atoms with Gasteiger partial charge >= 0.3 is 0 Å². The third kappa shape index (κ3) is 1.99. The Kier molecular flexibility index (Phi) is 2.96. The van der Waals surface area contributed by atoms with Gasteiger partial charge in [-0.15, -0.1) is 0 Å². The van der Waals surface area contributed by atoms with Gasteiger partial charge in [-0.2, -0.15) is 0 Å². The Hall–Kier alpha value is -2.62. The Morgan fingerprint density at radius 1 is 1.09 bits per heavy atom. The van der Waals surface area contributed by atoms with Crippen LogP contribution in [0.15, 0.2) is 54.6 Å². The minimum absolute atomic E-state index is 0.190. The van der Waals surface area contributed by atoms with E-state index >= 15 is 0 Å². The van der Waals surface area contributed by atoms with Crippen molar-refractivity contribution in [2.45, 2.75) is 12.3 Å². The first kappa shape index (κ1) is 13.1. The normalized spacial score (nSPS) is 18.3. The van der Waals surface area contributed by atoms with E-state index in [1.165, 1.54) is 5.52 Å². The molecule has 4 heteroatoms. The van der Waals surface area contributed by atoms with Crippen molar-refractivity contribution < 1.29 is 9.36 Å². The number of carbonyl (C=O) groups is 1. The lowest BCUT2D eigenvalue weighted by Crippen LogP contribution is -2.34. The number of nitrogens with one attached hydrogen (secondary N) is 1. The third-order valence-electron chi connectivity index (χ3n) is 4.47. The average molecular weight is 292 g/mol. The van der Waals surface area contributed by atoms with E-state index in [0.717, 1.165) is 23.6 Å². The maximum Gasteiger partial charge on any atom is 0.260 e. The lowest BCUT2D eigenvalue weighted by molar-refractivity contribution is -0.654. The number of hydrogen-bond donors (Lipinski definition) is 1. The average Bonchev–Trinajstić information content (AvgIpc) is 3.09. The molecule has 4 nitrogen and oxygen atoms in total. The Labute approximate surface area is 129 Å². The van der Waals surface area contributed by atoms with Crippen LogP contribution in [0.2, 0.25) is 0 Å². The van der Waals surface area contributed by atoms with Crippen molar-refractivity contribution in [1.82, 2.24) is 4.98 Å². The van der Waals surface area contributed by atoms with Crippen molar-refractivity contribution >= 4 is 22.6 Å². The second-order valence-corrected chi connectivity index (χ2v) is 5.83. The number of aryl methyl sites for hydroxylation is 1. The minimum Gasteiger partial charge on any atom is -0.311 e. The number of benzene rings is 2. The summed E-state index contributed by atoms with van der Waals surface area (Å²) < 4.78 is 2.17. The minimum atomic E-state index is 0.190. The number of aromatic amines is 1. The number of nitrogens with zero attached hydrogens (tertiary/aromatic N) is 2. The number of anilines is 1. The van der Waals surface area contributed by atoms with Gasteiger partial charge in [0, 0.05) is 18.7 Å². The van der Waals surface area contributed by atoms with E-state index in [4.69, 9.17) is 0 Å². The standard InChI is InChI=1S/C18H17N3O/c1-20-16-10-6-5-9-15(16)19-18(20)13-11-17(22)21(12-13)14-7-3-2-4-8-14/h2-10,13H,11-12H2,1H3/p+1. The number of rotatable bonds is 2. The molecule has 1 N–H and O–H groups in total. The Balaban J connectivity index is 1.69. The van der Waals surface area contributed by atoms with Crippen molar-refractivity contribution in [3.05, 3.63) is 60.4 Å². The van der Waals surface area contributed by atoms with Crippen LogP contribution < -0.4 is 9.47 Å². The molecule has 1 unspecified atom stereocenters. The van der Waals surface area contributed by atoms with Crippen molar-refractivity contribution in [3.63, 3.8) is 0 Å². The van der Waals surface area contributed by atoms with Crippen LogP contribution in [-0.4, -0.2) is 17.4 Å². The molecule has 1 aromatic heterocycles. The van der Waals surface area contributed by atoms with Gasteiger partial charge in [-0.3, -0.25) is 4.79 Å². The van der Waals surface area contributed by atoms with Crippen LogP contribution in [-0.2, 0) is 11.8 Å². The summed E-state index contributed by atoms with van der Waals surface area (Å²) in [5, 5.41) is 0. The molecular weight excluding hydrogens is 274 g/mol. The van der Waals surface area contributed by atoms with E-state index in [1.807, 2.05) is 47.4 Å². The maximum atomic E-state index is 12.4. The summed E-state index contributed by atoms with van der Waals surface area (Å²) in [5.41, 5.74) is 3.27. The highest BCUT2D eigenvalue weighted by Crippen LogP contribution is 2.30. The fraction of sp³-hybridized carbons (Fsp3) is 0.222. The first-order chi connectivity index (χ1) is 10.7. The molecule has 2 aromatic carbocycles. The second-order valence-electron chi connectivity index (χ2n) is 5.83. The highest BCUT2D eigenvalue weighted by Gasteiger charge is 2.37. The number of amides is 1. The summed E-state index contributed by atoms with van der Waals surface area (Å²) in [4.78, 5) is 17.8. The predicted molar refractivity (Wildman–Crippen MR) is 85.6 cm³/mol. The van der Waals surface area contributed by atoms with E-state index in [9.17, 15) is 4.79 Å². The number of hydrogen-bond acceptors (Lipinski definition) is 1. The van der Waals surface area contributed by atoms with Crippen molar-refractivity contribution in [1.29, 1.82) is 0 Å². The highest BCUT2D eigenvalue weighted by atomic mass is 16.2. The summed E-state index contributed by atoms with van der Waals surface area (Å²) in [5.74, 6) is 1.51. The molecule has 3 aromatic rings. The molecule has 110 valence electrons. The summed E-state index contributed by atoms with van der Waals surface area (Å²) in [7, 11) is 2.06. The smallest absolute Gasteiger partial charge is 0.260 e. The van der Waals surface area contributed by atoms with Crippen LogP contribution in [0.25, 0.3) is 11.0 Å². The summed E-state index contributed by atoms with van der Waals surface area (Å²) in [6, 6.07) is 18.1. The molecule has 1 fully saturated rings. The van der Waals surface area contributed by atoms with Crippen LogP contribution >= 0.6 is 0 Å². The molecule has 22 heavy (non-hydrogen) atoms. The molecule has 0 aliphatic carbocycles. The molecule has 4 rings (SSSR count). The summed E-state index contributed by atoms with van der Waals surface area (Å²) in [6.45, 7) is 0.726. The van der Waals surface area contributed by atoms with Crippen LogP contribution in [0.1, 0.15) is 18.2 Å². The topological polar surface area (TPSA) is 40.0 Å². The van der Waals surface area contributed by atoms with Crippen LogP contribution in [0, 0.1) is 0 Å². The molecule has 1 atom stereocenters. The summed E-state index contributed by atoms with van der Waals surface area (Å²) >= 11 is 0. The lowest BCUT2D eigenvalue weighted by Gasteiger charge is -2.15. The zero-order valence-corrected chi connectivity index (χ0v) is 12.5. The van der Waals surface area contributed by atoms with Crippen LogP contribution in [0.4, 0.5) is 5.69 Å². The molecule has 1 aliphatic rings. The van der Waals surface area contributed by atoms with E-state index in [-0.39, 0.29) is 11.8 Å². The molecule has 1 saturated heterocycles. The number of H-pyrrole nitrogens is 1. The fourth-order valence-electron chi connectivity index (χ4n) is 3.35. The summed E-state index contributed by atoms with van der Waals surface area (Å²) in [6.07, 6.45) is 0.551. The van der Waals surface area contributed by atoms with Gasteiger partial charge in [0.05, 0.1) is 13.0 Å². The quantitative estimate of drug-likeness (QED) is 0.724. The van der Waals surface area contributed by atoms with E-state index in [2.05, 4.69) is 28.7 Å². The first-order valence-corrected chi connectivity index (χ1v) is 7.56. The maximum absolute atomic E-state index is 12.4. The van der Waals surface area contributed by atoms with E-state index in [0.29, 0.717) is 6.42 Å². The number of carbonyl (C=O) groups excluding carboxylic acids is 1. The van der Waals surface area contributed by atoms with Crippen LogP contribution in [0.3, 0.4) is 0 Å². The number of aromatic nitrogens is 2. The van der Waals surface area contributed by atoms with Gasteiger partial charge in [-0.1, -0.05) is 30.3 Å². The molecule has 0 bridgehead atoms. The van der Waals surface area contributed by atoms with Gasteiger partial charge in [0.15, 0.2) is 11.0 Å². The Bertz CT molecular complexity index is 838. The first-order valence-electron chi connectivity index (χ1n) is 7.56. The number of para-hydroxylation sites is 3. The largest absolute Gasteiger partial charge is 0.311 e. The van der Waals surface area contributed by atoms with Gasteiger partial charge in [0.25, 0.3) is 5.82 Å². The van der Waals surface area contributed by atoms with Gasteiger partial charge in [-0.25, -0.2) is 9.55 Å². The van der Waals surface area contributed by atoms with Gasteiger partial charge in [0.2, 0.25) is 5.91 Å². The molecule has 2 heterocycles. The van der Waals surface area contributed by atoms with Crippen molar-refractivity contribution in [2.75, 3.05) is 11.4 Å². The Morgan fingerprint density at radius 2 is 1.82 bits per heavy atom. The molecule has 1 amide bonds. The highest BCUT2D eigenvalue weighted by molar-refractivity contribution is 5.96. The number of imidazole rings is 1. The third-order valence-corrected chi connectivity index (χ3v) is 4.47. The molecular formula is C18H18N3O+. The zero-order valence-electron chi connectivity index (χ0n) is 12.5. The van der Waals surface area contributed by atoms with Gasteiger partial charge in [-0.05, 0) is 24.3 Å². The monoisotopic (exact) mass is 292 g/mol. The van der Waals surface area contributed by atoms with Crippen LogP contribution in [0.5, 0.6) is 0 Å². The molecule has 0 radical (unpaired) electrons. The lowest BCUT2D eigenvalue weighted by atomic mass is 10.1. The SMILES string of the molecule is C[n+]1c(C2CC(=O)N(c3ccccc3)C2)[nH]c2ccccc21. The predicted octanol–water partition coefficient (Wildman–Crippen LogP) is 2.51. The zero-order chi connectivity index (χ0) is 15.1.